The minimum absolute atomic E-state index is 0.129. The van der Waals surface area contributed by atoms with E-state index >= 15 is 0 Å². The van der Waals surface area contributed by atoms with Gasteiger partial charge in [-0.25, -0.2) is 0 Å². The molecule has 0 radical (unpaired) electrons. The van der Waals surface area contributed by atoms with Crippen molar-refractivity contribution >= 4 is 10.8 Å². The van der Waals surface area contributed by atoms with Crippen LogP contribution in [0.25, 0.3) is 16.5 Å². The number of aromatic nitrogens is 4. The number of aryl methyl sites for hydroxylation is 1. The summed E-state index contributed by atoms with van der Waals surface area (Å²) in [6.07, 6.45) is 5.05. The third kappa shape index (κ3) is 1.52. The van der Waals surface area contributed by atoms with Gasteiger partial charge in [0.1, 0.15) is 5.69 Å². The maximum absolute atomic E-state index is 12.2. The smallest absolute Gasteiger partial charge is 0.274 e. The van der Waals surface area contributed by atoms with E-state index in [4.69, 9.17) is 0 Å². The summed E-state index contributed by atoms with van der Waals surface area (Å²) in [5.74, 6) is 0. The predicted octanol–water partition coefficient (Wildman–Crippen LogP) is 1.12. The second-order valence-corrected chi connectivity index (χ2v) is 3.82. The highest BCUT2D eigenvalue weighted by Crippen LogP contribution is 2.08. The van der Waals surface area contributed by atoms with Crippen LogP contribution in [0.5, 0.6) is 0 Å². The monoisotopic (exact) mass is 226 g/mol. The maximum Gasteiger partial charge on any atom is 0.279 e. The minimum atomic E-state index is -0.129. The van der Waals surface area contributed by atoms with E-state index in [0.29, 0.717) is 11.1 Å². The Balaban J connectivity index is 2.32. The van der Waals surface area contributed by atoms with Crippen LogP contribution in [0.2, 0.25) is 0 Å². The molecule has 0 fully saturated rings. The van der Waals surface area contributed by atoms with Gasteiger partial charge in [0.25, 0.3) is 5.56 Å². The molecule has 0 aliphatic carbocycles. The topological polar surface area (TPSA) is 52.7 Å². The van der Waals surface area contributed by atoms with Gasteiger partial charge in [0.05, 0.1) is 24.0 Å². The molecule has 17 heavy (non-hydrogen) atoms. The molecule has 84 valence electrons. The Morgan fingerprint density at radius 1 is 1.12 bits per heavy atom. The van der Waals surface area contributed by atoms with Crippen LogP contribution in [0.15, 0.2) is 47.7 Å². The highest BCUT2D eigenvalue weighted by Gasteiger charge is 2.06. The van der Waals surface area contributed by atoms with Crippen molar-refractivity contribution in [2.24, 2.45) is 7.05 Å². The largest absolute Gasteiger partial charge is 0.279 e. The van der Waals surface area contributed by atoms with Crippen molar-refractivity contribution < 1.29 is 0 Å². The van der Waals surface area contributed by atoms with Crippen molar-refractivity contribution in [3.8, 4) is 5.69 Å². The molecule has 0 N–H and O–H groups in total. The molecule has 3 rings (SSSR count). The summed E-state index contributed by atoms with van der Waals surface area (Å²) in [6, 6.07) is 7.40. The minimum Gasteiger partial charge on any atom is -0.274 e. The first-order chi connectivity index (χ1) is 8.25. The lowest BCUT2D eigenvalue weighted by Gasteiger charge is -2.02. The molecule has 0 amide bonds. The normalized spacial score (nSPS) is 10.9. The van der Waals surface area contributed by atoms with E-state index in [1.54, 1.807) is 36.4 Å². The molecule has 3 aromatic rings. The van der Waals surface area contributed by atoms with Crippen molar-refractivity contribution in [1.29, 1.82) is 0 Å². The molecule has 0 aliphatic rings. The predicted molar refractivity (Wildman–Crippen MR) is 64.1 cm³/mol. The molecule has 0 aliphatic heterocycles. The molecule has 5 nitrogen and oxygen atoms in total. The van der Waals surface area contributed by atoms with Crippen LogP contribution in [0, 0.1) is 0 Å². The molecule has 2 aromatic heterocycles. The Bertz CT molecular complexity index is 741. The first kappa shape index (κ1) is 9.77. The molecule has 2 heterocycles. The molecular formula is C12H10N4O. The van der Waals surface area contributed by atoms with Gasteiger partial charge in [0.15, 0.2) is 0 Å². The van der Waals surface area contributed by atoms with Crippen LogP contribution in [-0.2, 0) is 7.05 Å². The van der Waals surface area contributed by atoms with Crippen molar-refractivity contribution in [1.82, 2.24) is 19.6 Å². The quantitative estimate of drug-likeness (QED) is 0.624. The fraction of sp³-hybridized carbons (Fsp3) is 0.0833. The van der Waals surface area contributed by atoms with Gasteiger partial charge in [-0.05, 0) is 6.07 Å². The van der Waals surface area contributed by atoms with E-state index in [1.807, 2.05) is 18.2 Å². The third-order valence-electron chi connectivity index (χ3n) is 2.63. The number of nitrogens with zero attached hydrogens (tertiary/aromatic N) is 4. The van der Waals surface area contributed by atoms with Gasteiger partial charge in [0, 0.05) is 12.4 Å². The van der Waals surface area contributed by atoms with E-state index in [0.717, 1.165) is 5.39 Å². The van der Waals surface area contributed by atoms with Crippen LogP contribution >= 0.6 is 0 Å². The van der Waals surface area contributed by atoms with Crippen molar-refractivity contribution in [3.63, 3.8) is 0 Å². The Kier molecular flexibility index (Phi) is 2.04. The fourth-order valence-corrected chi connectivity index (χ4v) is 1.79. The van der Waals surface area contributed by atoms with Crippen LogP contribution in [-0.4, -0.2) is 19.6 Å². The molecule has 0 spiro atoms. The van der Waals surface area contributed by atoms with E-state index in [9.17, 15) is 4.79 Å². The first-order valence-corrected chi connectivity index (χ1v) is 5.22. The van der Waals surface area contributed by atoms with Crippen LogP contribution in [0.4, 0.5) is 0 Å². The highest BCUT2D eigenvalue weighted by atomic mass is 16.1. The fourth-order valence-electron chi connectivity index (χ4n) is 1.79. The van der Waals surface area contributed by atoms with Crippen LogP contribution < -0.4 is 5.56 Å². The van der Waals surface area contributed by atoms with Gasteiger partial charge in [-0.3, -0.25) is 9.48 Å². The molecule has 0 atom stereocenters. The Morgan fingerprint density at radius 3 is 2.71 bits per heavy atom. The lowest BCUT2D eigenvalue weighted by atomic mass is 10.2. The third-order valence-corrected chi connectivity index (χ3v) is 2.63. The average molecular weight is 226 g/mol. The van der Waals surface area contributed by atoms with Gasteiger partial charge in [-0.2, -0.15) is 14.9 Å². The molecule has 5 heteroatoms. The zero-order chi connectivity index (χ0) is 11.8. The second kappa shape index (κ2) is 3.55. The number of hydrogen-bond acceptors (Lipinski definition) is 3. The summed E-state index contributed by atoms with van der Waals surface area (Å²) >= 11 is 0. The summed E-state index contributed by atoms with van der Waals surface area (Å²) < 4.78 is 2.99. The summed E-state index contributed by atoms with van der Waals surface area (Å²) in [7, 11) is 1.80. The SMILES string of the molecule is Cn1cc(-n2ncc3ccccc3c2=O)cn1. The number of hydrogen-bond donors (Lipinski definition) is 0. The molecule has 0 saturated carbocycles. The Labute approximate surface area is 96.9 Å². The van der Waals surface area contributed by atoms with E-state index in [1.165, 1.54) is 4.68 Å². The number of fused-ring (bicyclic) bond motifs is 1. The summed E-state index contributed by atoms with van der Waals surface area (Å²) in [5.41, 5.74) is 0.541. The molecule has 1 aromatic carbocycles. The van der Waals surface area contributed by atoms with Gasteiger partial charge in [0.2, 0.25) is 0 Å². The van der Waals surface area contributed by atoms with E-state index < -0.39 is 0 Å². The van der Waals surface area contributed by atoms with Gasteiger partial charge >= 0.3 is 0 Å². The maximum atomic E-state index is 12.2. The second-order valence-electron chi connectivity index (χ2n) is 3.82. The van der Waals surface area contributed by atoms with Gasteiger partial charge < -0.3 is 0 Å². The number of rotatable bonds is 1. The molecule has 0 unspecified atom stereocenters. The summed E-state index contributed by atoms with van der Waals surface area (Å²) in [6.45, 7) is 0. The Morgan fingerprint density at radius 2 is 1.94 bits per heavy atom. The zero-order valence-electron chi connectivity index (χ0n) is 9.24. The highest BCUT2D eigenvalue weighted by molar-refractivity contribution is 5.80. The molecule has 0 saturated heterocycles. The van der Waals surface area contributed by atoms with Crippen molar-refractivity contribution in [2.45, 2.75) is 0 Å². The van der Waals surface area contributed by atoms with Crippen LogP contribution in [0.1, 0.15) is 0 Å². The number of benzene rings is 1. The standard InChI is InChI=1S/C12H10N4O/c1-15-8-10(7-13-15)16-12(17)11-5-3-2-4-9(11)6-14-16/h2-8H,1H3. The summed E-state index contributed by atoms with van der Waals surface area (Å²) in [4.78, 5) is 12.2. The molecular weight excluding hydrogens is 216 g/mol. The van der Waals surface area contributed by atoms with Crippen LogP contribution in [0.3, 0.4) is 0 Å². The Hall–Kier alpha value is -2.43. The first-order valence-electron chi connectivity index (χ1n) is 5.22. The van der Waals surface area contributed by atoms with Crippen molar-refractivity contribution in [2.75, 3.05) is 0 Å². The average Bonchev–Trinajstić information content (AvgIpc) is 2.77. The molecule has 0 bridgehead atoms. The zero-order valence-corrected chi connectivity index (χ0v) is 9.24. The summed E-state index contributed by atoms with van der Waals surface area (Å²) in [5, 5.41) is 9.68. The van der Waals surface area contributed by atoms with E-state index in [-0.39, 0.29) is 5.56 Å². The van der Waals surface area contributed by atoms with Gasteiger partial charge in [-0.15, -0.1) is 0 Å². The van der Waals surface area contributed by atoms with Crippen molar-refractivity contribution in [3.05, 3.63) is 53.2 Å². The van der Waals surface area contributed by atoms with E-state index in [2.05, 4.69) is 10.2 Å². The lowest BCUT2D eigenvalue weighted by molar-refractivity contribution is 0.764. The lowest BCUT2D eigenvalue weighted by Crippen LogP contribution is -2.20. The van der Waals surface area contributed by atoms with Gasteiger partial charge in [-0.1, -0.05) is 18.2 Å².